The van der Waals surface area contributed by atoms with Crippen molar-refractivity contribution in [2.75, 3.05) is 18.0 Å². The minimum absolute atomic E-state index is 0.0809. The van der Waals surface area contributed by atoms with Crippen molar-refractivity contribution in [2.24, 2.45) is 0 Å². The highest BCUT2D eigenvalue weighted by Crippen LogP contribution is 2.36. The highest BCUT2D eigenvalue weighted by molar-refractivity contribution is 5.95. The second-order valence-corrected chi connectivity index (χ2v) is 6.17. The van der Waals surface area contributed by atoms with E-state index in [9.17, 15) is 14.7 Å². The van der Waals surface area contributed by atoms with Gasteiger partial charge in [0.25, 0.3) is 0 Å². The lowest BCUT2D eigenvalue weighted by Gasteiger charge is -2.36. The molecule has 1 unspecified atom stereocenters. The van der Waals surface area contributed by atoms with Crippen molar-refractivity contribution in [1.29, 1.82) is 0 Å². The molecule has 130 valence electrons. The Kier molecular flexibility index (Phi) is 5.03. The standard InChI is InChI=1S/C20H22N2O3/c1-2-21(14-15-8-4-3-5-9-15)20(25)22-13-12-17(19(23)24)16-10-6-7-11-18(16)22/h3-11,17H,2,12-14H2,1H3,(H,23,24). The first-order chi connectivity index (χ1) is 12.1. The van der Waals surface area contributed by atoms with Crippen molar-refractivity contribution in [3.05, 3.63) is 65.7 Å². The maximum absolute atomic E-state index is 13.1. The van der Waals surface area contributed by atoms with E-state index in [1.54, 1.807) is 15.9 Å². The maximum Gasteiger partial charge on any atom is 0.324 e. The van der Waals surface area contributed by atoms with Crippen molar-refractivity contribution in [3.8, 4) is 0 Å². The lowest BCUT2D eigenvalue weighted by atomic mass is 9.90. The van der Waals surface area contributed by atoms with Crippen LogP contribution in [0.1, 0.15) is 30.4 Å². The lowest BCUT2D eigenvalue weighted by molar-refractivity contribution is -0.139. The average Bonchev–Trinajstić information content (AvgIpc) is 2.65. The number of anilines is 1. The molecule has 2 aromatic rings. The van der Waals surface area contributed by atoms with Gasteiger partial charge in [-0.05, 0) is 30.5 Å². The Morgan fingerprint density at radius 3 is 2.48 bits per heavy atom. The van der Waals surface area contributed by atoms with Gasteiger partial charge in [0, 0.05) is 25.3 Å². The maximum atomic E-state index is 13.1. The zero-order valence-corrected chi connectivity index (χ0v) is 14.3. The van der Waals surface area contributed by atoms with Crippen LogP contribution in [0.2, 0.25) is 0 Å². The molecular weight excluding hydrogens is 316 g/mol. The Labute approximate surface area is 147 Å². The van der Waals surface area contributed by atoms with Crippen molar-refractivity contribution < 1.29 is 14.7 Å². The number of fused-ring (bicyclic) bond motifs is 1. The number of amides is 2. The summed E-state index contributed by atoms with van der Waals surface area (Å²) in [6.07, 6.45) is 0.432. The number of rotatable bonds is 4. The molecule has 0 bridgehead atoms. The van der Waals surface area contributed by atoms with Crippen molar-refractivity contribution in [2.45, 2.75) is 25.8 Å². The van der Waals surface area contributed by atoms with E-state index < -0.39 is 11.9 Å². The van der Waals surface area contributed by atoms with Crippen LogP contribution in [0.15, 0.2) is 54.6 Å². The minimum Gasteiger partial charge on any atom is -0.481 e. The monoisotopic (exact) mass is 338 g/mol. The van der Waals surface area contributed by atoms with Crippen LogP contribution in [-0.2, 0) is 11.3 Å². The van der Waals surface area contributed by atoms with E-state index in [1.165, 1.54) is 0 Å². The summed E-state index contributed by atoms with van der Waals surface area (Å²) in [5.41, 5.74) is 2.49. The number of nitrogens with zero attached hydrogens (tertiary/aromatic N) is 2. The number of para-hydroxylation sites is 1. The first kappa shape index (κ1) is 17.0. The van der Waals surface area contributed by atoms with Crippen LogP contribution in [0.25, 0.3) is 0 Å². The van der Waals surface area contributed by atoms with Gasteiger partial charge in [-0.1, -0.05) is 48.5 Å². The topological polar surface area (TPSA) is 60.9 Å². The van der Waals surface area contributed by atoms with Crippen molar-refractivity contribution in [3.63, 3.8) is 0 Å². The molecule has 0 aromatic heterocycles. The number of carboxylic acid groups (broad SMARTS) is 1. The zero-order chi connectivity index (χ0) is 17.8. The minimum atomic E-state index is -0.837. The van der Waals surface area contributed by atoms with Gasteiger partial charge in [-0.25, -0.2) is 4.79 Å². The third-order valence-electron chi connectivity index (χ3n) is 4.64. The summed E-state index contributed by atoms with van der Waals surface area (Å²) in [5, 5.41) is 9.45. The third kappa shape index (κ3) is 3.50. The van der Waals surface area contributed by atoms with Gasteiger partial charge in [0.15, 0.2) is 0 Å². The Hall–Kier alpha value is -2.82. The van der Waals surface area contributed by atoms with Crippen LogP contribution in [0.5, 0.6) is 0 Å². The van der Waals surface area contributed by atoms with Gasteiger partial charge in [-0.2, -0.15) is 0 Å². The Morgan fingerprint density at radius 1 is 1.12 bits per heavy atom. The van der Waals surface area contributed by atoms with Gasteiger partial charge < -0.3 is 10.0 Å². The second kappa shape index (κ2) is 7.38. The van der Waals surface area contributed by atoms with Crippen LogP contribution in [-0.4, -0.2) is 35.1 Å². The van der Waals surface area contributed by atoms with Crippen molar-refractivity contribution in [1.82, 2.24) is 4.90 Å². The normalized spacial score (nSPS) is 16.2. The number of hydrogen-bond donors (Lipinski definition) is 1. The quantitative estimate of drug-likeness (QED) is 0.924. The summed E-state index contributed by atoms with van der Waals surface area (Å²) < 4.78 is 0. The highest BCUT2D eigenvalue weighted by Gasteiger charge is 2.33. The molecule has 5 nitrogen and oxygen atoms in total. The molecule has 1 atom stereocenters. The van der Waals surface area contributed by atoms with Crippen LogP contribution in [0.3, 0.4) is 0 Å². The van der Waals surface area contributed by atoms with Gasteiger partial charge in [0.1, 0.15) is 0 Å². The van der Waals surface area contributed by atoms with Gasteiger partial charge in [0.2, 0.25) is 0 Å². The highest BCUT2D eigenvalue weighted by atomic mass is 16.4. The molecule has 5 heteroatoms. The number of benzene rings is 2. The average molecular weight is 338 g/mol. The van der Waals surface area contributed by atoms with Gasteiger partial charge in [-0.3, -0.25) is 9.69 Å². The molecule has 25 heavy (non-hydrogen) atoms. The molecule has 1 heterocycles. The van der Waals surface area contributed by atoms with Gasteiger partial charge in [-0.15, -0.1) is 0 Å². The smallest absolute Gasteiger partial charge is 0.324 e. The van der Waals surface area contributed by atoms with E-state index in [2.05, 4.69) is 0 Å². The number of carboxylic acids is 1. The fraction of sp³-hybridized carbons (Fsp3) is 0.300. The molecule has 2 aromatic carbocycles. The molecule has 1 aliphatic rings. The largest absolute Gasteiger partial charge is 0.481 e. The van der Waals surface area contributed by atoms with E-state index in [0.29, 0.717) is 37.3 Å². The molecule has 0 spiro atoms. The predicted molar refractivity (Wildman–Crippen MR) is 96.7 cm³/mol. The summed E-state index contributed by atoms with van der Waals surface area (Å²) in [6.45, 7) is 3.50. The fourth-order valence-electron chi connectivity index (χ4n) is 3.31. The molecule has 0 fully saturated rings. The van der Waals surface area contributed by atoms with E-state index in [1.807, 2.05) is 55.5 Å². The summed E-state index contributed by atoms with van der Waals surface area (Å²) in [7, 11) is 0. The molecular formula is C20H22N2O3. The summed E-state index contributed by atoms with van der Waals surface area (Å²) >= 11 is 0. The third-order valence-corrected chi connectivity index (χ3v) is 4.64. The molecule has 1 N–H and O–H groups in total. The molecule has 0 aliphatic carbocycles. The van der Waals surface area contributed by atoms with E-state index in [0.717, 1.165) is 5.56 Å². The fourth-order valence-corrected chi connectivity index (χ4v) is 3.31. The number of aliphatic carboxylic acids is 1. The van der Waals surface area contributed by atoms with Crippen LogP contribution >= 0.6 is 0 Å². The first-order valence-electron chi connectivity index (χ1n) is 8.54. The Bertz CT molecular complexity index is 761. The number of carbonyl (C=O) groups excluding carboxylic acids is 1. The SMILES string of the molecule is CCN(Cc1ccccc1)C(=O)N1CCC(C(=O)O)c2ccccc21. The molecule has 0 radical (unpaired) electrons. The van der Waals surface area contributed by atoms with Crippen LogP contribution < -0.4 is 4.90 Å². The first-order valence-corrected chi connectivity index (χ1v) is 8.54. The molecule has 1 aliphatic heterocycles. The van der Waals surface area contributed by atoms with E-state index >= 15 is 0 Å². The van der Waals surface area contributed by atoms with Crippen LogP contribution in [0, 0.1) is 0 Å². The van der Waals surface area contributed by atoms with E-state index in [-0.39, 0.29) is 6.03 Å². The van der Waals surface area contributed by atoms with Gasteiger partial charge >= 0.3 is 12.0 Å². The molecule has 3 rings (SSSR count). The number of urea groups is 1. The molecule has 2 amide bonds. The summed E-state index contributed by atoms with van der Waals surface area (Å²) in [4.78, 5) is 28.1. The molecule has 0 saturated heterocycles. The van der Waals surface area contributed by atoms with Gasteiger partial charge in [0.05, 0.1) is 5.92 Å². The lowest BCUT2D eigenvalue weighted by Crippen LogP contribution is -2.46. The van der Waals surface area contributed by atoms with E-state index in [4.69, 9.17) is 0 Å². The zero-order valence-electron chi connectivity index (χ0n) is 14.3. The number of carbonyl (C=O) groups is 2. The summed E-state index contributed by atoms with van der Waals surface area (Å²) in [6, 6.07) is 17.1. The Balaban J connectivity index is 1.86. The van der Waals surface area contributed by atoms with Crippen LogP contribution in [0.4, 0.5) is 10.5 Å². The predicted octanol–water partition coefficient (Wildman–Crippen LogP) is 3.71. The van der Waals surface area contributed by atoms with Crippen molar-refractivity contribution >= 4 is 17.7 Å². The number of hydrogen-bond acceptors (Lipinski definition) is 2. The molecule has 0 saturated carbocycles. The second-order valence-electron chi connectivity index (χ2n) is 6.17. The Morgan fingerprint density at radius 2 is 1.80 bits per heavy atom. The summed E-state index contributed by atoms with van der Waals surface area (Å²) in [5.74, 6) is -1.39.